The number of nitrogens with zero attached hydrogens (tertiary/aromatic N) is 2. The smallest absolute Gasteiger partial charge is 0.296 e. The van der Waals surface area contributed by atoms with E-state index in [0.717, 1.165) is 11.3 Å². The Morgan fingerprint density at radius 1 is 1.40 bits per heavy atom. The molecule has 106 valence electrons. The Balaban J connectivity index is 2.02. The van der Waals surface area contributed by atoms with Gasteiger partial charge in [0.2, 0.25) is 0 Å². The van der Waals surface area contributed by atoms with E-state index in [0.29, 0.717) is 12.2 Å². The average Bonchev–Trinajstić information content (AvgIpc) is 2.83. The van der Waals surface area contributed by atoms with Crippen molar-refractivity contribution >= 4 is 27.8 Å². The van der Waals surface area contributed by atoms with E-state index < -0.39 is 10.2 Å². The van der Waals surface area contributed by atoms with Gasteiger partial charge in [-0.15, -0.1) is 0 Å². The van der Waals surface area contributed by atoms with Crippen LogP contribution in [0.3, 0.4) is 0 Å². The van der Waals surface area contributed by atoms with Crippen LogP contribution < -0.4 is 15.2 Å². The summed E-state index contributed by atoms with van der Waals surface area (Å²) in [7, 11) is -3.76. The molecule has 0 saturated heterocycles. The molecule has 0 aliphatic rings. The summed E-state index contributed by atoms with van der Waals surface area (Å²) >= 11 is 0. The predicted molar refractivity (Wildman–Crippen MR) is 79.1 cm³/mol. The minimum absolute atomic E-state index is 0.402. The zero-order valence-corrected chi connectivity index (χ0v) is 11.5. The number of hydrogen-bond acceptors (Lipinski definition) is 4. The van der Waals surface area contributed by atoms with Gasteiger partial charge in [0, 0.05) is 30.2 Å². The SMILES string of the molecule is C=Cn1cc(CNc2cccc(NS(N)(=O)=O)c2)cn1. The number of benzene rings is 1. The van der Waals surface area contributed by atoms with Crippen LogP contribution in [-0.2, 0) is 16.8 Å². The average molecular weight is 293 g/mol. The molecule has 8 heteroatoms. The third kappa shape index (κ3) is 4.11. The molecule has 2 aromatic rings. The lowest BCUT2D eigenvalue weighted by molar-refractivity contribution is 0.603. The maximum absolute atomic E-state index is 11.0. The van der Waals surface area contributed by atoms with Crippen LogP contribution in [0.25, 0.3) is 6.20 Å². The van der Waals surface area contributed by atoms with Crippen molar-refractivity contribution in [2.75, 3.05) is 10.0 Å². The maximum Gasteiger partial charge on any atom is 0.296 e. The van der Waals surface area contributed by atoms with Gasteiger partial charge in [0.1, 0.15) is 0 Å². The minimum Gasteiger partial charge on any atom is -0.381 e. The quantitative estimate of drug-likeness (QED) is 0.745. The Bertz CT molecular complexity index is 708. The molecule has 0 aliphatic carbocycles. The lowest BCUT2D eigenvalue weighted by Gasteiger charge is -2.08. The molecule has 0 fully saturated rings. The van der Waals surface area contributed by atoms with Gasteiger partial charge in [0.25, 0.3) is 10.2 Å². The monoisotopic (exact) mass is 293 g/mol. The molecule has 0 unspecified atom stereocenters. The van der Waals surface area contributed by atoms with Gasteiger partial charge in [-0.05, 0) is 18.2 Å². The molecule has 0 aliphatic heterocycles. The zero-order valence-electron chi connectivity index (χ0n) is 10.7. The van der Waals surface area contributed by atoms with Crippen LogP contribution >= 0.6 is 0 Å². The van der Waals surface area contributed by atoms with Gasteiger partial charge in [-0.3, -0.25) is 4.72 Å². The Hall–Kier alpha value is -2.32. The first-order chi connectivity index (χ1) is 9.46. The normalized spacial score (nSPS) is 11.1. The van der Waals surface area contributed by atoms with Gasteiger partial charge < -0.3 is 5.32 Å². The Morgan fingerprint density at radius 2 is 2.15 bits per heavy atom. The fourth-order valence-corrected chi connectivity index (χ4v) is 2.09. The molecule has 1 aromatic carbocycles. The largest absolute Gasteiger partial charge is 0.381 e. The molecule has 2 rings (SSSR count). The lowest BCUT2D eigenvalue weighted by Crippen LogP contribution is -2.21. The summed E-state index contributed by atoms with van der Waals surface area (Å²) < 4.78 is 25.7. The number of rotatable bonds is 6. The summed E-state index contributed by atoms with van der Waals surface area (Å²) in [5.41, 5.74) is 2.15. The van der Waals surface area contributed by atoms with Gasteiger partial charge in [-0.1, -0.05) is 12.6 Å². The van der Waals surface area contributed by atoms with E-state index in [4.69, 9.17) is 5.14 Å². The first-order valence-electron chi connectivity index (χ1n) is 5.76. The van der Waals surface area contributed by atoms with Crippen molar-refractivity contribution in [2.24, 2.45) is 5.14 Å². The van der Waals surface area contributed by atoms with Crippen molar-refractivity contribution in [3.63, 3.8) is 0 Å². The van der Waals surface area contributed by atoms with Crippen molar-refractivity contribution in [1.82, 2.24) is 9.78 Å². The summed E-state index contributed by atoms with van der Waals surface area (Å²) in [4.78, 5) is 0. The molecular weight excluding hydrogens is 278 g/mol. The van der Waals surface area contributed by atoms with Crippen molar-refractivity contribution in [3.8, 4) is 0 Å². The Morgan fingerprint density at radius 3 is 2.80 bits per heavy atom. The molecule has 7 nitrogen and oxygen atoms in total. The van der Waals surface area contributed by atoms with E-state index in [1.807, 2.05) is 12.3 Å². The van der Waals surface area contributed by atoms with E-state index in [-0.39, 0.29) is 0 Å². The highest BCUT2D eigenvalue weighted by atomic mass is 32.2. The highest BCUT2D eigenvalue weighted by Gasteiger charge is 2.03. The summed E-state index contributed by atoms with van der Waals surface area (Å²) in [6.07, 6.45) is 5.16. The number of aromatic nitrogens is 2. The van der Waals surface area contributed by atoms with Crippen LogP contribution in [0.2, 0.25) is 0 Å². The molecule has 0 atom stereocenters. The highest BCUT2D eigenvalue weighted by Crippen LogP contribution is 2.16. The first-order valence-corrected chi connectivity index (χ1v) is 7.31. The fourth-order valence-electron chi connectivity index (χ4n) is 1.63. The van der Waals surface area contributed by atoms with Crippen molar-refractivity contribution in [3.05, 3.63) is 48.8 Å². The summed E-state index contributed by atoms with van der Waals surface area (Å²) in [5, 5.41) is 12.1. The maximum atomic E-state index is 11.0. The molecule has 0 radical (unpaired) electrons. The van der Waals surface area contributed by atoms with Crippen LogP contribution in [0.15, 0.2) is 43.2 Å². The summed E-state index contributed by atoms with van der Waals surface area (Å²) in [6.45, 7) is 4.17. The van der Waals surface area contributed by atoms with Crippen LogP contribution in [0.5, 0.6) is 0 Å². The van der Waals surface area contributed by atoms with Crippen LogP contribution in [0.1, 0.15) is 5.56 Å². The van der Waals surface area contributed by atoms with Crippen LogP contribution in [-0.4, -0.2) is 18.2 Å². The summed E-state index contributed by atoms with van der Waals surface area (Å²) in [5.74, 6) is 0. The van der Waals surface area contributed by atoms with E-state index in [1.165, 1.54) is 0 Å². The van der Waals surface area contributed by atoms with Crippen LogP contribution in [0.4, 0.5) is 11.4 Å². The van der Waals surface area contributed by atoms with E-state index in [9.17, 15) is 8.42 Å². The van der Waals surface area contributed by atoms with Crippen molar-refractivity contribution < 1.29 is 8.42 Å². The van der Waals surface area contributed by atoms with Gasteiger partial charge in [0.15, 0.2) is 0 Å². The molecule has 1 heterocycles. The molecular formula is C12H15N5O2S. The molecule has 0 amide bonds. The second-order valence-corrected chi connectivity index (χ2v) is 5.39. The number of nitrogens with two attached hydrogens (primary N) is 1. The van der Waals surface area contributed by atoms with E-state index >= 15 is 0 Å². The van der Waals surface area contributed by atoms with Crippen molar-refractivity contribution in [1.29, 1.82) is 0 Å². The van der Waals surface area contributed by atoms with E-state index in [1.54, 1.807) is 35.3 Å². The molecule has 4 N–H and O–H groups in total. The molecule has 0 spiro atoms. The first kappa shape index (κ1) is 14.1. The lowest BCUT2D eigenvalue weighted by atomic mass is 10.2. The second kappa shape index (κ2) is 5.76. The number of nitrogens with one attached hydrogen (secondary N) is 2. The second-order valence-electron chi connectivity index (χ2n) is 4.09. The van der Waals surface area contributed by atoms with Gasteiger partial charge in [-0.2, -0.15) is 13.5 Å². The van der Waals surface area contributed by atoms with Gasteiger partial charge in [-0.25, -0.2) is 9.82 Å². The third-order valence-electron chi connectivity index (χ3n) is 2.46. The van der Waals surface area contributed by atoms with E-state index in [2.05, 4.69) is 21.7 Å². The fraction of sp³-hybridized carbons (Fsp3) is 0.0833. The standard InChI is InChI=1S/C12H15N5O2S/c1-2-17-9-10(8-15-17)7-14-11-4-3-5-12(6-11)16-20(13,18)19/h2-6,8-9,14,16H,1,7H2,(H2,13,18,19). The van der Waals surface area contributed by atoms with Crippen molar-refractivity contribution in [2.45, 2.75) is 6.54 Å². The summed E-state index contributed by atoms with van der Waals surface area (Å²) in [6, 6.07) is 6.82. The van der Waals surface area contributed by atoms with Gasteiger partial charge >= 0.3 is 0 Å². The molecule has 20 heavy (non-hydrogen) atoms. The number of hydrogen-bond donors (Lipinski definition) is 3. The third-order valence-corrected chi connectivity index (χ3v) is 2.98. The molecule has 0 bridgehead atoms. The Labute approximate surface area is 117 Å². The Kier molecular flexibility index (Phi) is 4.06. The topological polar surface area (TPSA) is 102 Å². The minimum atomic E-state index is -3.76. The van der Waals surface area contributed by atoms with Crippen LogP contribution in [0, 0.1) is 0 Å². The molecule has 1 aromatic heterocycles. The number of anilines is 2. The zero-order chi connectivity index (χ0) is 14.6. The highest BCUT2D eigenvalue weighted by molar-refractivity contribution is 7.90. The predicted octanol–water partition coefficient (Wildman–Crippen LogP) is 1.21. The van der Waals surface area contributed by atoms with Gasteiger partial charge in [0.05, 0.1) is 11.9 Å². The molecule has 0 saturated carbocycles.